The highest BCUT2D eigenvalue weighted by molar-refractivity contribution is 7.98. The minimum absolute atomic E-state index is 0.0883. The van der Waals surface area contributed by atoms with Crippen LogP contribution in [0.4, 0.5) is 37.7 Å². The van der Waals surface area contributed by atoms with E-state index in [2.05, 4.69) is 10.3 Å². The normalized spacial score (nSPS) is 12.3. The molecule has 1 heterocycles. The summed E-state index contributed by atoms with van der Waals surface area (Å²) in [4.78, 5) is 3.98. The number of thioether (sulfide) groups is 1. The molecule has 1 aromatic heterocycles. The van der Waals surface area contributed by atoms with E-state index in [-0.39, 0.29) is 11.8 Å². The van der Waals surface area contributed by atoms with Crippen molar-refractivity contribution < 1.29 is 26.3 Å². The summed E-state index contributed by atoms with van der Waals surface area (Å²) >= 11 is 1.30. The number of benzene rings is 1. The number of anilines is 2. The number of pyridine rings is 1. The third-order valence-electron chi connectivity index (χ3n) is 2.82. The Kier molecular flexibility index (Phi) is 4.79. The van der Waals surface area contributed by atoms with Gasteiger partial charge in [0.2, 0.25) is 0 Å². The van der Waals surface area contributed by atoms with Crippen molar-refractivity contribution in [1.29, 1.82) is 0 Å². The summed E-state index contributed by atoms with van der Waals surface area (Å²) in [6.07, 6.45) is -6.59. The van der Waals surface area contributed by atoms with Crippen LogP contribution in [-0.4, -0.2) is 11.2 Å². The third-order valence-corrected chi connectivity index (χ3v) is 3.46. The van der Waals surface area contributed by atoms with Crippen molar-refractivity contribution in [3.05, 3.63) is 47.7 Å². The van der Waals surface area contributed by atoms with Gasteiger partial charge in [-0.2, -0.15) is 26.3 Å². The van der Waals surface area contributed by atoms with Crippen LogP contribution in [-0.2, 0) is 12.4 Å². The van der Waals surface area contributed by atoms with Crippen LogP contribution in [0.5, 0.6) is 0 Å². The van der Waals surface area contributed by atoms with Gasteiger partial charge in [0.05, 0.1) is 16.2 Å². The molecular weight excluding hydrogens is 342 g/mol. The SMILES string of the molecule is CSc1cc(Nc2cc(C(F)(F)F)cc(C(F)(F)F)c2)ccn1. The van der Waals surface area contributed by atoms with Crippen LogP contribution in [0.15, 0.2) is 41.6 Å². The average Bonchev–Trinajstić information content (AvgIpc) is 2.45. The number of nitrogens with one attached hydrogen (secondary N) is 1. The first-order valence-electron chi connectivity index (χ1n) is 6.16. The largest absolute Gasteiger partial charge is 0.416 e. The van der Waals surface area contributed by atoms with E-state index in [1.54, 1.807) is 6.26 Å². The quantitative estimate of drug-likeness (QED) is 0.576. The highest BCUT2D eigenvalue weighted by atomic mass is 32.2. The fraction of sp³-hybridized carbons (Fsp3) is 0.214. The van der Waals surface area contributed by atoms with Crippen molar-refractivity contribution in [2.75, 3.05) is 11.6 Å². The zero-order valence-corrected chi connectivity index (χ0v) is 12.4. The molecule has 0 bridgehead atoms. The Balaban J connectivity index is 2.44. The molecule has 1 N–H and O–H groups in total. The lowest BCUT2D eigenvalue weighted by Gasteiger charge is -2.15. The molecule has 1 aromatic carbocycles. The Morgan fingerprint density at radius 2 is 1.43 bits per heavy atom. The zero-order chi connectivity index (χ0) is 17.3. The molecule has 0 aliphatic carbocycles. The number of aromatic nitrogens is 1. The van der Waals surface area contributed by atoms with Crippen LogP contribution >= 0.6 is 11.8 Å². The summed E-state index contributed by atoms with van der Waals surface area (Å²) in [5.74, 6) is 0. The zero-order valence-electron chi connectivity index (χ0n) is 11.6. The van der Waals surface area contributed by atoms with Gasteiger partial charge in [-0.15, -0.1) is 11.8 Å². The van der Waals surface area contributed by atoms with Crippen LogP contribution < -0.4 is 5.32 Å². The first-order chi connectivity index (χ1) is 10.6. The van der Waals surface area contributed by atoms with E-state index >= 15 is 0 Å². The lowest BCUT2D eigenvalue weighted by molar-refractivity contribution is -0.143. The summed E-state index contributed by atoms with van der Waals surface area (Å²) < 4.78 is 76.7. The van der Waals surface area contributed by atoms with Gasteiger partial charge in [0.15, 0.2) is 0 Å². The van der Waals surface area contributed by atoms with Crippen LogP contribution in [0.1, 0.15) is 11.1 Å². The average molecular weight is 352 g/mol. The predicted molar refractivity (Wildman–Crippen MR) is 75.7 cm³/mol. The van der Waals surface area contributed by atoms with E-state index in [4.69, 9.17) is 0 Å². The van der Waals surface area contributed by atoms with Crippen molar-refractivity contribution in [3.8, 4) is 0 Å². The minimum Gasteiger partial charge on any atom is -0.355 e. The first-order valence-corrected chi connectivity index (χ1v) is 7.38. The topological polar surface area (TPSA) is 24.9 Å². The highest BCUT2D eigenvalue weighted by Crippen LogP contribution is 2.38. The van der Waals surface area contributed by atoms with Crippen LogP contribution in [0, 0.1) is 0 Å². The second-order valence-corrected chi connectivity index (χ2v) is 5.33. The van der Waals surface area contributed by atoms with Crippen LogP contribution in [0.3, 0.4) is 0 Å². The number of alkyl halides is 6. The van der Waals surface area contributed by atoms with E-state index in [1.807, 2.05) is 0 Å². The maximum atomic E-state index is 12.8. The standard InChI is InChI=1S/C14H10F6N2S/c1-23-12-7-10(2-3-21-12)22-11-5-8(13(15,16)17)4-9(6-11)14(18,19)20/h2-7H,1H3,(H,21,22). The van der Waals surface area contributed by atoms with Crippen molar-refractivity contribution in [2.45, 2.75) is 17.4 Å². The molecule has 124 valence electrons. The van der Waals surface area contributed by atoms with Crippen LogP contribution in [0.25, 0.3) is 0 Å². The number of rotatable bonds is 3. The van der Waals surface area contributed by atoms with Gasteiger partial charge in [0.25, 0.3) is 0 Å². The molecular formula is C14H10F6N2S. The fourth-order valence-electron chi connectivity index (χ4n) is 1.79. The van der Waals surface area contributed by atoms with E-state index in [0.29, 0.717) is 22.8 Å². The predicted octanol–water partition coefficient (Wildman–Crippen LogP) is 5.58. The van der Waals surface area contributed by atoms with Gasteiger partial charge in [-0.25, -0.2) is 4.98 Å². The van der Waals surface area contributed by atoms with Gasteiger partial charge in [-0.05, 0) is 36.6 Å². The lowest BCUT2D eigenvalue weighted by Crippen LogP contribution is -2.11. The van der Waals surface area contributed by atoms with Gasteiger partial charge < -0.3 is 5.32 Å². The van der Waals surface area contributed by atoms with Crippen molar-refractivity contribution in [1.82, 2.24) is 4.98 Å². The number of nitrogens with zero attached hydrogens (tertiary/aromatic N) is 1. The maximum absolute atomic E-state index is 12.8. The molecule has 0 radical (unpaired) electrons. The molecule has 0 amide bonds. The molecule has 0 atom stereocenters. The summed E-state index contributed by atoms with van der Waals surface area (Å²) in [6.45, 7) is 0. The van der Waals surface area contributed by atoms with E-state index in [9.17, 15) is 26.3 Å². The lowest BCUT2D eigenvalue weighted by atomic mass is 10.1. The molecule has 2 nitrogen and oxygen atoms in total. The van der Waals surface area contributed by atoms with Gasteiger partial charge in [-0.1, -0.05) is 0 Å². The maximum Gasteiger partial charge on any atom is 0.416 e. The van der Waals surface area contributed by atoms with Crippen molar-refractivity contribution in [2.24, 2.45) is 0 Å². The molecule has 2 rings (SSSR count). The Morgan fingerprint density at radius 3 is 1.91 bits per heavy atom. The first kappa shape index (κ1) is 17.5. The molecule has 0 saturated carbocycles. The van der Waals surface area contributed by atoms with Gasteiger partial charge in [-0.3, -0.25) is 0 Å². The fourth-order valence-corrected chi connectivity index (χ4v) is 2.20. The van der Waals surface area contributed by atoms with Gasteiger partial charge in [0, 0.05) is 17.6 Å². The Labute approximate surface area is 131 Å². The smallest absolute Gasteiger partial charge is 0.355 e. The molecule has 23 heavy (non-hydrogen) atoms. The molecule has 0 aliphatic heterocycles. The number of hydrogen-bond donors (Lipinski definition) is 1. The summed E-state index contributed by atoms with van der Waals surface area (Å²) in [7, 11) is 0. The third kappa shape index (κ3) is 4.54. The second-order valence-electron chi connectivity index (χ2n) is 4.51. The van der Waals surface area contributed by atoms with Gasteiger partial charge >= 0.3 is 12.4 Å². The Hall–Kier alpha value is -1.90. The summed E-state index contributed by atoms with van der Waals surface area (Å²) in [6, 6.07) is 4.33. The monoisotopic (exact) mass is 352 g/mol. The minimum atomic E-state index is -4.87. The molecule has 0 spiro atoms. The highest BCUT2D eigenvalue weighted by Gasteiger charge is 2.36. The second kappa shape index (κ2) is 6.31. The molecule has 0 fully saturated rings. The molecule has 2 aromatic rings. The number of hydrogen-bond acceptors (Lipinski definition) is 3. The van der Waals surface area contributed by atoms with Gasteiger partial charge in [0.1, 0.15) is 0 Å². The Morgan fingerprint density at radius 1 is 0.870 bits per heavy atom. The van der Waals surface area contributed by atoms with Crippen molar-refractivity contribution >= 4 is 23.1 Å². The van der Waals surface area contributed by atoms with E-state index in [0.717, 1.165) is 0 Å². The molecule has 0 unspecified atom stereocenters. The Bertz CT molecular complexity index is 664. The molecule has 0 saturated heterocycles. The summed E-state index contributed by atoms with van der Waals surface area (Å²) in [5, 5.41) is 3.13. The van der Waals surface area contributed by atoms with Crippen LogP contribution in [0.2, 0.25) is 0 Å². The number of halogens is 6. The summed E-state index contributed by atoms with van der Waals surface area (Å²) in [5.41, 5.74) is -2.69. The van der Waals surface area contributed by atoms with E-state index in [1.165, 1.54) is 30.1 Å². The van der Waals surface area contributed by atoms with E-state index < -0.39 is 23.5 Å². The molecule has 9 heteroatoms. The molecule has 0 aliphatic rings. The van der Waals surface area contributed by atoms with Crippen molar-refractivity contribution in [3.63, 3.8) is 0 Å².